The van der Waals surface area contributed by atoms with E-state index in [1.165, 1.54) is 0 Å². The molecule has 0 aliphatic heterocycles. The van der Waals surface area contributed by atoms with Crippen LogP contribution in [0.1, 0.15) is 40.3 Å². The van der Waals surface area contributed by atoms with Gasteiger partial charge in [0.2, 0.25) is 0 Å². The molecule has 0 saturated heterocycles. The number of nitrogens with one attached hydrogen (secondary N) is 2. The van der Waals surface area contributed by atoms with E-state index >= 15 is 0 Å². The lowest BCUT2D eigenvalue weighted by atomic mass is 10.1. The highest BCUT2D eigenvalue weighted by atomic mass is 16.2. The van der Waals surface area contributed by atoms with Crippen LogP contribution in [0.5, 0.6) is 0 Å². The Kier molecular flexibility index (Phi) is 5.50. The Morgan fingerprint density at radius 1 is 1.00 bits per heavy atom. The van der Waals surface area contributed by atoms with Crippen LogP contribution in [0.2, 0.25) is 0 Å². The maximum atomic E-state index is 12.6. The van der Waals surface area contributed by atoms with Crippen LogP contribution in [0.15, 0.2) is 54.6 Å². The van der Waals surface area contributed by atoms with Crippen molar-refractivity contribution in [3.63, 3.8) is 0 Å². The molecule has 0 spiro atoms. The van der Waals surface area contributed by atoms with Crippen molar-refractivity contribution in [1.82, 2.24) is 10.3 Å². The number of anilines is 1. The number of aryl methyl sites for hydroxylation is 1. The second kappa shape index (κ2) is 7.99. The zero-order chi connectivity index (χ0) is 19.4. The topological polar surface area (TPSA) is 71.1 Å². The van der Waals surface area contributed by atoms with Crippen molar-refractivity contribution < 1.29 is 9.59 Å². The normalized spacial score (nSPS) is 10.8. The van der Waals surface area contributed by atoms with Gasteiger partial charge in [-0.1, -0.05) is 38.1 Å². The molecule has 138 valence electrons. The quantitative estimate of drug-likeness (QED) is 0.716. The highest BCUT2D eigenvalue weighted by molar-refractivity contribution is 6.05. The summed E-state index contributed by atoms with van der Waals surface area (Å²) >= 11 is 0. The SMILES string of the molecule is Cc1cc(C(=O)NCC(C)C)ccc1NC(=O)c1ccc2ccccc2n1. The van der Waals surface area contributed by atoms with Gasteiger partial charge in [0.15, 0.2) is 0 Å². The van der Waals surface area contributed by atoms with E-state index in [4.69, 9.17) is 0 Å². The van der Waals surface area contributed by atoms with Crippen molar-refractivity contribution >= 4 is 28.4 Å². The zero-order valence-corrected chi connectivity index (χ0v) is 15.7. The number of aromatic nitrogens is 1. The number of benzene rings is 2. The summed E-state index contributed by atoms with van der Waals surface area (Å²) in [5, 5.41) is 6.75. The largest absolute Gasteiger partial charge is 0.352 e. The zero-order valence-electron chi connectivity index (χ0n) is 15.7. The second-order valence-electron chi connectivity index (χ2n) is 6.98. The molecule has 1 aromatic heterocycles. The summed E-state index contributed by atoms with van der Waals surface area (Å²) in [6.07, 6.45) is 0. The van der Waals surface area contributed by atoms with Crippen molar-refractivity contribution in [2.45, 2.75) is 20.8 Å². The highest BCUT2D eigenvalue weighted by Gasteiger charge is 2.12. The lowest BCUT2D eigenvalue weighted by molar-refractivity contribution is 0.0948. The van der Waals surface area contributed by atoms with E-state index in [2.05, 4.69) is 15.6 Å². The maximum absolute atomic E-state index is 12.6. The molecule has 27 heavy (non-hydrogen) atoms. The van der Waals surface area contributed by atoms with Gasteiger partial charge in [0.1, 0.15) is 5.69 Å². The first-order valence-corrected chi connectivity index (χ1v) is 9.00. The maximum Gasteiger partial charge on any atom is 0.274 e. The molecule has 0 saturated carbocycles. The van der Waals surface area contributed by atoms with Crippen LogP contribution >= 0.6 is 0 Å². The van der Waals surface area contributed by atoms with Gasteiger partial charge in [0.05, 0.1) is 5.52 Å². The van der Waals surface area contributed by atoms with Crippen LogP contribution in [0.3, 0.4) is 0 Å². The minimum Gasteiger partial charge on any atom is -0.352 e. The molecule has 0 bridgehead atoms. The van der Waals surface area contributed by atoms with Gasteiger partial charge in [-0.2, -0.15) is 0 Å². The molecule has 0 radical (unpaired) electrons. The Labute approximate surface area is 158 Å². The molecule has 2 aromatic carbocycles. The lowest BCUT2D eigenvalue weighted by Crippen LogP contribution is -2.27. The fourth-order valence-corrected chi connectivity index (χ4v) is 2.72. The highest BCUT2D eigenvalue weighted by Crippen LogP contribution is 2.18. The molecule has 0 fully saturated rings. The van der Waals surface area contributed by atoms with Crippen LogP contribution in [0.25, 0.3) is 10.9 Å². The molecule has 0 aliphatic carbocycles. The summed E-state index contributed by atoms with van der Waals surface area (Å²) in [6, 6.07) is 16.5. The first-order chi connectivity index (χ1) is 12.9. The Balaban J connectivity index is 1.74. The van der Waals surface area contributed by atoms with Crippen LogP contribution in [0.4, 0.5) is 5.69 Å². The molecular weight excluding hydrogens is 338 g/mol. The van der Waals surface area contributed by atoms with Gasteiger partial charge >= 0.3 is 0 Å². The minimum atomic E-state index is -0.277. The molecule has 0 unspecified atom stereocenters. The molecule has 0 aliphatic rings. The van der Waals surface area contributed by atoms with E-state index in [0.29, 0.717) is 29.4 Å². The molecule has 0 atom stereocenters. The van der Waals surface area contributed by atoms with Gasteiger partial charge in [-0.25, -0.2) is 4.98 Å². The number of carbonyl (C=O) groups excluding carboxylic acids is 2. The Morgan fingerprint density at radius 3 is 2.52 bits per heavy atom. The number of fused-ring (bicyclic) bond motifs is 1. The fourth-order valence-electron chi connectivity index (χ4n) is 2.72. The Morgan fingerprint density at radius 2 is 1.78 bits per heavy atom. The molecule has 3 rings (SSSR count). The number of para-hydroxylation sites is 1. The molecule has 2 N–H and O–H groups in total. The molecule has 5 heteroatoms. The Bertz CT molecular complexity index is 996. The predicted molar refractivity (Wildman–Crippen MR) is 108 cm³/mol. The Hall–Kier alpha value is -3.21. The van der Waals surface area contributed by atoms with Crippen LogP contribution in [-0.2, 0) is 0 Å². The van der Waals surface area contributed by atoms with Gasteiger partial charge in [0.25, 0.3) is 11.8 Å². The van der Waals surface area contributed by atoms with E-state index in [-0.39, 0.29) is 11.8 Å². The third kappa shape index (κ3) is 4.50. The van der Waals surface area contributed by atoms with Crippen molar-refractivity contribution in [3.05, 3.63) is 71.4 Å². The third-order valence-corrected chi connectivity index (χ3v) is 4.24. The number of hydrogen-bond donors (Lipinski definition) is 2. The number of carbonyl (C=O) groups is 2. The molecule has 5 nitrogen and oxygen atoms in total. The van der Waals surface area contributed by atoms with E-state index in [0.717, 1.165) is 16.5 Å². The van der Waals surface area contributed by atoms with Crippen LogP contribution < -0.4 is 10.6 Å². The van der Waals surface area contributed by atoms with Gasteiger partial charge < -0.3 is 10.6 Å². The molecular formula is C22H23N3O2. The second-order valence-corrected chi connectivity index (χ2v) is 6.98. The summed E-state index contributed by atoms with van der Waals surface area (Å²) < 4.78 is 0. The van der Waals surface area contributed by atoms with Crippen LogP contribution in [-0.4, -0.2) is 23.3 Å². The molecule has 3 aromatic rings. The predicted octanol–water partition coefficient (Wildman–Crippen LogP) is 4.18. The monoisotopic (exact) mass is 361 g/mol. The number of hydrogen-bond acceptors (Lipinski definition) is 3. The lowest BCUT2D eigenvalue weighted by Gasteiger charge is -2.11. The van der Waals surface area contributed by atoms with E-state index in [1.54, 1.807) is 24.3 Å². The minimum absolute atomic E-state index is 0.110. The van der Waals surface area contributed by atoms with E-state index < -0.39 is 0 Å². The van der Waals surface area contributed by atoms with Gasteiger partial charge in [-0.05, 0) is 48.7 Å². The average molecular weight is 361 g/mol. The standard InChI is InChI=1S/C22H23N3O2/c1-14(2)13-23-21(26)17-9-10-18(15(3)12-17)25-22(27)20-11-8-16-6-4-5-7-19(16)24-20/h4-12,14H,13H2,1-3H3,(H,23,26)(H,25,27). The van der Waals surface area contributed by atoms with Crippen LogP contribution in [0, 0.1) is 12.8 Å². The van der Waals surface area contributed by atoms with Gasteiger partial charge in [-0.3, -0.25) is 9.59 Å². The van der Waals surface area contributed by atoms with Crippen molar-refractivity contribution in [2.24, 2.45) is 5.92 Å². The third-order valence-electron chi connectivity index (χ3n) is 4.24. The number of pyridine rings is 1. The van der Waals surface area contributed by atoms with Gasteiger partial charge in [-0.15, -0.1) is 0 Å². The van der Waals surface area contributed by atoms with Crippen molar-refractivity contribution in [3.8, 4) is 0 Å². The summed E-state index contributed by atoms with van der Waals surface area (Å²) in [6.45, 7) is 6.59. The molecule has 2 amide bonds. The summed E-state index contributed by atoms with van der Waals surface area (Å²) in [4.78, 5) is 29.1. The summed E-state index contributed by atoms with van der Waals surface area (Å²) in [7, 11) is 0. The smallest absolute Gasteiger partial charge is 0.274 e. The number of nitrogens with zero attached hydrogens (tertiary/aromatic N) is 1. The van der Waals surface area contributed by atoms with Crippen molar-refractivity contribution in [1.29, 1.82) is 0 Å². The molecule has 1 heterocycles. The first-order valence-electron chi connectivity index (χ1n) is 9.00. The fraction of sp³-hybridized carbons (Fsp3) is 0.227. The number of rotatable bonds is 5. The van der Waals surface area contributed by atoms with Gasteiger partial charge in [0, 0.05) is 23.2 Å². The average Bonchev–Trinajstić information content (AvgIpc) is 2.67. The van der Waals surface area contributed by atoms with Crippen molar-refractivity contribution in [2.75, 3.05) is 11.9 Å². The summed E-state index contributed by atoms with van der Waals surface area (Å²) in [5.41, 5.74) is 3.19. The van der Waals surface area contributed by atoms with E-state index in [9.17, 15) is 9.59 Å². The number of amides is 2. The van der Waals surface area contributed by atoms with E-state index in [1.807, 2.05) is 51.1 Å². The summed E-state index contributed by atoms with van der Waals surface area (Å²) in [5.74, 6) is 0.00444. The first kappa shape index (κ1) is 18.6.